The highest BCUT2D eigenvalue weighted by Crippen LogP contribution is 2.29. The van der Waals surface area contributed by atoms with Gasteiger partial charge >= 0.3 is 0 Å². The van der Waals surface area contributed by atoms with Gasteiger partial charge in [0.15, 0.2) is 0 Å². The van der Waals surface area contributed by atoms with E-state index in [2.05, 4.69) is 52.8 Å². The lowest BCUT2D eigenvalue weighted by molar-refractivity contribution is 0.881. The summed E-state index contributed by atoms with van der Waals surface area (Å²) < 4.78 is 0. The second kappa shape index (κ2) is 4.92. The van der Waals surface area contributed by atoms with Crippen LogP contribution in [0.5, 0.6) is 0 Å². The third kappa shape index (κ3) is 2.19. The van der Waals surface area contributed by atoms with Crippen molar-refractivity contribution in [1.82, 2.24) is 10.2 Å². The molecule has 106 valence electrons. The van der Waals surface area contributed by atoms with Crippen LogP contribution in [0.4, 0.5) is 5.69 Å². The van der Waals surface area contributed by atoms with Crippen LogP contribution >= 0.6 is 0 Å². The second-order valence-electron chi connectivity index (χ2n) is 5.88. The Labute approximate surface area is 124 Å². The second-order valence-corrected chi connectivity index (χ2v) is 5.88. The Balaban J connectivity index is 1.63. The molecule has 21 heavy (non-hydrogen) atoms. The van der Waals surface area contributed by atoms with Crippen LogP contribution in [0.25, 0.3) is 10.9 Å². The predicted octanol–water partition coefficient (Wildman–Crippen LogP) is 4.22. The number of nitrogens with zero attached hydrogens (tertiary/aromatic N) is 1. The Kier molecular flexibility index (Phi) is 2.92. The zero-order valence-corrected chi connectivity index (χ0v) is 12.2. The number of aromatic nitrogens is 2. The van der Waals surface area contributed by atoms with Gasteiger partial charge in [-0.15, -0.1) is 0 Å². The maximum Gasteiger partial charge on any atom is 0.0671 e. The van der Waals surface area contributed by atoms with Gasteiger partial charge in [0.2, 0.25) is 0 Å². The molecule has 1 aromatic heterocycles. The molecular formula is C18H19N3. The number of hydrogen-bond donors (Lipinski definition) is 2. The zero-order valence-electron chi connectivity index (χ0n) is 12.2. The molecule has 1 aliphatic rings. The minimum absolute atomic E-state index is 0.288. The summed E-state index contributed by atoms with van der Waals surface area (Å²) in [6.45, 7) is 2.22. The molecule has 1 unspecified atom stereocenters. The van der Waals surface area contributed by atoms with Gasteiger partial charge in [0, 0.05) is 17.1 Å². The SMILES string of the molecule is CC(Nc1cccc2[nH]ncc12)c1ccc2c(c1)CCC2. The fourth-order valence-corrected chi connectivity index (χ4v) is 3.27. The molecule has 3 heteroatoms. The van der Waals surface area contributed by atoms with Crippen molar-refractivity contribution in [3.63, 3.8) is 0 Å². The van der Waals surface area contributed by atoms with Crippen molar-refractivity contribution in [2.45, 2.75) is 32.2 Å². The molecular weight excluding hydrogens is 258 g/mol. The Morgan fingerprint density at radius 2 is 2.05 bits per heavy atom. The molecule has 0 fully saturated rings. The molecule has 0 saturated carbocycles. The van der Waals surface area contributed by atoms with Crippen LogP contribution in [0, 0.1) is 0 Å². The first kappa shape index (κ1) is 12.5. The first-order chi connectivity index (χ1) is 10.3. The predicted molar refractivity (Wildman–Crippen MR) is 86.6 cm³/mol. The van der Waals surface area contributed by atoms with Gasteiger partial charge in [-0.3, -0.25) is 5.10 Å². The van der Waals surface area contributed by atoms with Gasteiger partial charge in [-0.2, -0.15) is 5.10 Å². The minimum atomic E-state index is 0.288. The van der Waals surface area contributed by atoms with Crippen LogP contribution in [-0.4, -0.2) is 10.2 Å². The average molecular weight is 277 g/mol. The molecule has 0 bridgehead atoms. The third-order valence-electron chi connectivity index (χ3n) is 4.48. The number of aryl methyl sites for hydroxylation is 2. The van der Waals surface area contributed by atoms with Gasteiger partial charge in [0.25, 0.3) is 0 Å². The molecule has 0 amide bonds. The number of hydrogen-bond acceptors (Lipinski definition) is 2. The number of nitrogens with one attached hydrogen (secondary N) is 2. The highest BCUT2D eigenvalue weighted by molar-refractivity contribution is 5.90. The summed E-state index contributed by atoms with van der Waals surface area (Å²) in [5, 5.41) is 11.9. The van der Waals surface area contributed by atoms with E-state index in [0.29, 0.717) is 0 Å². The molecule has 1 heterocycles. The third-order valence-corrected chi connectivity index (χ3v) is 4.48. The van der Waals surface area contributed by atoms with Gasteiger partial charge in [-0.25, -0.2) is 0 Å². The van der Waals surface area contributed by atoms with E-state index in [0.717, 1.165) is 16.6 Å². The maximum absolute atomic E-state index is 4.12. The fraction of sp³-hybridized carbons (Fsp3) is 0.278. The van der Waals surface area contributed by atoms with Crippen molar-refractivity contribution >= 4 is 16.6 Å². The number of benzene rings is 2. The lowest BCUT2D eigenvalue weighted by Gasteiger charge is -2.17. The largest absolute Gasteiger partial charge is 0.378 e. The Hall–Kier alpha value is -2.29. The van der Waals surface area contributed by atoms with E-state index in [-0.39, 0.29) is 6.04 Å². The molecule has 0 radical (unpaired) electrons. The normalized spacial score (nSPS) is 15.1. The van der Waals surface area contributed by atoms with Crippen molar-refractivity contribution < 1.29 is 0 Å². The minimum Gasteiger partial charge on any atom is -0.378 e. The highest BCUT2D eigenvalue weighted by Gasteiger charge is 2.14. The van der Waals surface area contributed by atoms with Crippen LogP contribution in [0.3, 0.4) is 0 Å². The summed E-state index contributed by atoms with van der Waals surface area (Å²) in [5.41, 5.74) is 6.62. The smallest absolute Gasteiger partial charge is 0.0671 e. The van der Waals surface area contributed by atoms with Gasteiger partial charge < -0.3 is 5.32 Å². The van der Waals surface area contributed by atoms with E-state index in [1.54, 1.807) is 0 Å². The molecule has 2 aromatic carbocycles. The van der Waals surface area contributed by atoms with Crippen molar-refractivity contribution in [2.24, 2.45) is 0 Å². The van der Waals surface area contributed by atoms with E-state index in [1.165, 1.54) is 36.0 Å². The molecule has 0 spiro atoms. The van der Waals surface area contributed by atoms with Crippen molar-refractivity contribution in [3.8, 4) is 0 Å². The van der Waals surface area contributed by atoms with Crippen LogP contribution in [0.15, 0.2) is 42.6 Å². The van der Waals surface area contributed by atoms with Crippen LogP contribution in [-0.2, 0) is 12.8 Å². The van der Waals surface area contributed by atoms with Crippen LogP contribution < -0.4 is 5.32 Å². The van der Waals surface area contributed by atoms with E-state index < -0.39 is 0 Å². The molecule has 1 atom stereocenters. The van der Waals surface area contributed by atoms with Gasteiger partial charge in [-0.1, -0.05) is 24.3 Å². The first-order valence-corrected chi connectivity index (χ1v) is 7.61. The Morgan fingerprint density at radius 3 is 3.00 bits per heavy atom. The molecule has 0 aliphatic heterocycles. The quantitative estimate of drug-likeness (QED) is 0.752. The van der Waals surface area contributed by atoms with Gasteiger partial charge in [0.05, 0.1) is 11.7 Å². The van der Waals surface area contributed by atoms with Crippen molar-refractivity contribution in [1.29, 1.82) is 0 Å². The Bertz CT molecular complexity index is 788. The summed E-state index contributed by atoms with van der Waals surface area (Å²) >= 11 is 0. The molecule has 3 aromatic rings. The lowest BCUT2D eigenvalue weighted by atomic mass is 10.0. The number of anilines is 1. The number of fused-ring (bicyclic) bond motifs is 2. The van der Waals surface area contributed by atoms with Gasteiger partial charge in [-0.05, 0) is 55.0 Å². The fourth-order valence-electron chi connectivity index (χ4n) is 3.27. The monoisotopic (exact) mass is 277 g/mol. The average Bonchev–Trinajstić information content (AvgIpc) is 3.15. The molecule has 3 nitrogen and oxygen atoms in total. The van der Waals surface area contributed by atoms with E-state index in [1.807, 2.05) is 12.3 Å². The number of H-pyrrole nitrogens is 1. The molecule has 0 saturated heterocycles. The molecule has 4 rings (SSSR count). The van der Waals surface area contributed by atoms with E-state index >= 15 is 0 Å². The molecule has 1 aliphatic carbocycles. The van der Waals surface area contributed by atoms with E-state index in [4.69, 9.17) is 0 Å². The van der Waals surface area contributed by atoms with E-state index in [9.17, 15) is 0 Å². The summed E-state index contributed by atoms with van der Waals surface area (Å²) in [7, 11) is 0. The van der Waals surface area contributed by atoms with Gasteiger partial charge in [0.1, 0.15) is 0 Å². The van der Waals surface area contributed by atoms with Crippen LogP contribution in [0.2, 0.25) is 0 Å². The Morgan fingerprint density at radius 1 is 1.14 bits per heavy atom. The summed E-state index contributed by atoms with van der Waals surface area (Å²) in [5.74, 6) is 0. The summed E-state index contributed by atoms with van der Waals surface area (Å²) in [6, 6.07) is 13.4. The highest BCUT2D eigenvalue weighted by atomic mass is 15.1. The van der Waals surface area contributed by atoms with Crippen molar-refractivity contribution in [3.05, 3.63) is 59.3 Å². The first-order valence-electron chi connectivity index (χ1n) is 7.61. The lowest BCUT2D eigenvalue weighted by Crippen LogP contribution is -2.07. The summed E-state index contributed by atoms with van der Waals surface area (Å²) in [4.78, 5) is 0. The number of rotatable bonds is 3. The standard InChI is InChI=1S/C18H19N3/c1-12(14-9-8-13-4-2-5-15(13)10-14)20-17-6-3-7-18-16(17)11-19-21-18/h3,6-12,20H,2,4-5H2,1H3,(H,19,21). The summed E-state index contributed by atoms with van der Waals surface area (Å²) in [6.07, 6.45) is 5.65. The zero-order chi connectivity index (χ0) is 14.2. The maximum atomic E-state index is 4.12. The molecule has 2 N–H and O–H groups in total. The van der Waals surface area contributed by atoms with Crippen LogP contribution in [0.1, 0.15) is 36.1 Å². The number of aromatic amines is 1. The topological polar surface area (TPSA) is 40.7 Å². The van der Waals surface area contributed by atoms with Crippen molar-refractivity contribution in [2.75, 3.05) is 5.32 Å².